The van der Waals surface area contributed by atoms with Crippen molar-refractivity contribution in [3.05, 3.63) is 51.2 Å². The Morgan fingerprint density at radius 1 is 1.16 bits per heavy atom. The molecule has 6 heteroatoms. The number of ether oxygens (including phenoxy) is 1. The predicted molar refractivity (Wildman–Crippen MR) is 76.0 cm³/mol. The van der Waals surface area contributed by atoms with E-state index in [4.69, 9.17) is 34.8 Å². The standard InChI is InChI=1S/C13H8Cl3NO2/c1-19-13(18)12-10(16)5-7(6-17-12)11-8(14)3-2-4-9(11)15/h2-6H,1H3. The monoisotopic (exact) mass is 315 g/mol. The first-order valence-electron chi connectivity index (χ1n) is 5.23. The summed E-state index contributed by atoms with van der Waals surface area (Å²) in [5.41, 5.74) is 1.31. The van der Waals surface area contributed by atoms with E-state index in [0.29, 0.717) is 21.2 Å². The fraction of sp³-hybridized carbons (Fsp3) is 0.0769. The molecule has 0 fully saturated rings. The lowest BCUT2D eigenvalue weighted by molar-refractivity contribution is 0.0594. The summed E-state index contributed by atoms with van der Waals surface area (Å²) >= 11 is 18.2. The zero-order chi connectivity index (χ0) is 14.0. The van der Waals surface area contributed by atoms with E-state index in [1.165, 1.54) is 13.3 Å². The Bertz CT molecular complexity index is 624. The van der Waals surface area contributed by atoms with E-state index < -0.39 is 5.97 Å². The van der Waals surface area contributed by atoms with Crippen molar-refractivity contribution in [3.8, 4) is 11.1 Å². The second-order valence-corrected chi connectivity index (χ2v) is 4.86. The minimum atomic E-state index is -0.596. The number of nitrogens with zero attached hydrogens (tertiary/aromatic N) is 1. The lowest BCUT2D eigenvalue weighted by Crippen LogP contribution is -2.05. The van der Waals surface area contributed by atoms with Gasteiger partial charge in [0.15, 0.2) is 5.69 Å². The van der Waals surface area contributed by atoms with Gasteiger partial charge in [0.25, 0.3) is 0 Å². The maximum Gasteiger partial charge on any atom is 0.358 e. The number of carbonyl (C=O) groups excluding carboxylic acids is 1. The average molecular weight is 317 g/mol. The van der Waals surface area contributed by atoms with Crippen LogP contribution in [0.4, 0.5) is 0 Å². The molecule has 1 heterocycles. The summed E-state index contributed by atoms with van der Waals surface area (Å²) in [4.78, 5) is 15.4. The summed E-state index contributed by atoms with van der Waals surface area (Å²) in [6, 6.07) is 6.75. The van der Waals surface area contributed by atoms with Gasteiger partial charge in [0.2, 0.25) is 0 Å². The van der Waals surface area contributed by atoms with E-state index in [1.807, 2.05) is 0 Å². The molecule has 2 rings (SSSR count). The van der Waals surface area contributed by atoms with Crippen LogP contribution in [0.5, 0.6) is 0 Å². The lowest BCUT2D eigenvalue weighted by Gasteiger charge is -2.08. The minimum absolute atomic E-state index is 0.0519. The first-order chi connectivity index (χ1) is 9.04. The number of halogens is 3. The summed E-state index contributed by atoms with van der Waals surface area (Å²) in [5.74, 6) is -0.596. The van der Waals surface area contributed by atoms with Gasteiger partial charge in [0, 0.05) is 27.4 Å². The minimum Gasteiger partial charge on any atom is -0.464 e. The second kappa shape index (κ2) is 5.78. The number of aromatic nitrogens is 1. The summed E-state index contributed by atoms with van der Waals surface area (Å²) in [7, 11) is 1.26. The molecule has 98 valence electrons. The van der Waals surface area contributed by atoms with E-state index in [9.17, 15) is 4.79 Å². The van der Waals surface area contributed by atoms with Crippen LogP contribution in [0.25, 0.3) is 11.1 Å². The van der Waals surface area contributed by atoms with Gasteiger partial charge in [-0.25, -0.2) is 9.78 Å². The molecule has 3 nitrogen and oxygen atoms in total. The van der Waals surface area contributed by atoms with Crippen molar-refractivity contribution in [2.24, 2.45) is 0 Å². The summed E-state index contributed by atoms with van der Waals surface area (Å²) in [5, 5.41) is 1.15. The van der Waals surface area contributed by atoms with Gasteiger partial charge in [-0.05, 0) is 18.2 Å². The average Bonchev–Trinajstić information content (AvgIpc) is 2.38. The fourth-order valence-corrected chi connectivity index (χ4v) is 2.45. The van der Waals surface area contributed by atoms with Crippen LogP contribution in [-0.2, 0) is 4.74 Å². The topological polar surface area (TPSA) is 39.2 Å². The molecule has 0 amide bonds. The molecule has 0 aliphatic heterocycles. The van der Waals surface area contributed by atoms with Gasteiger partial charge in [-0.3, -0.25) is 0 Å². The molecule has 2 aromatic rings. The van der Waals surface area contributed by atoms with Crippen molar-refractivity contribution < 1.29 is 9.53 Å². The molecule has 0 saturated heterocycles. The predicted octanol–water partition coefficient (Wildman–Crippen LogP) is 4.50. The van der Waals surface area contributed by atoms with Crippen LogP contribution in [0, 0.1) is 0 Å². The largest absolute Gasteiger partial charge is 0.464 e. The highest BCUT2D eigenvalue weighted by molar-refractivity contribution is 6.39. The van der Waals surface area contributed by atoms with Crippen LogP contribution in [0.2, 0.25) is 15.1 Å². The van der Waals surface area contributed by atoms with Gasteiger partial charge in [0.1, 0.15) is 0 Å². The summed E-state index contributed by atoms with van der Waals surface area (Å²) in [6.07, 6.45) is 1.48. The zero-order valence-electron chi connectivity index (χ0n) is 9.78. The third kappa shape index (κ3) is 2.84. The van der Waals surface area contributed by atoms with Crippen LogP contribution in [0.1, 0.15) is 10.5 Å². The molecule has 0 N–H and O–H groups in total. The van der Waals surface area contributed by atoms with E-state index in [0.717, 1.165) is 0 Å². The van der Waals surface area contributed by atoms with Crippen LogP contribution in [0.15, 0.2) is 30.5 Å². The van der Waals surface area contributed by atoms with Gasteiger partial charge < -0.3 is 4.74 Å². The van der Waals surface area contributed by atoms with E-state index in [-0.39, 0.29) is 10.7 Å². The van der Waals surface area contributed by atoms with Crippen molar-refractivity contribution >= 4 is 40.8 Å². The number of carbonyl (C=O) groups is 1. The highest BCUT2D eigenvalue weighted by Gasteiger charge is 2.15. The smallest absolute Gasteiger partial charge is 0.358 e. The molecule has 1 aromatic heterocycles. The van der Waals surface area contributed by atoms with Gasteiger partial charge >= 0.3 is 5.97 Å². The number of hydrogen-bond acceptors (Lipinski definition) is 3. The fourth-order valence-electron chi connectivity index (χ4n) is 1.60. The highest BCUT2D eigenvalue weighted by Crippen LogP contribution is 2.35. The van der Waals surface area contributed by atoms with Crippen LogP contribution >= 0.6 is 34.8 Å². The number of methoxy groups -OCH3 is 1. The molecule has 0 unspecified atom stereocenters. The number of pyridine rings is 1. The molecule has 0 atom stereocenters. The molecular weight excluding hydrogens is 309 g/mol. The van der Waals surface area contributed by atoms with Crippen molar-refractivity contribution in [1.29, 1.82) is 0 Å². The zero-order valence-corrected chi connectivity index (χ0v) is 12.1. The number of benzene rings is 1. The van der Waals surface area contributed by atoms with Crippen LogP contribution < -0.4 is 0 Å². The van der Waals surface area contributed by atoms with Crippen molar-refractivity contribution in [3.63, 3.8) is 0 Å². The Balaban J connectivity index is 2.54. The molecule has 0 spiro atoms. The Morgan fingerprint density at radius 3 is 2.32 bits per heavy atom. The third-order valence-electron chi connectivity index (χ3n) is 2.47. The normalized spacial score (nSPS) is 10.3. The first kappa shape index (κ1) is 14.1. The number of rotatable bonds is 2. The van der Waals surface area contributed by atoms with Gasteiger partial charge in [-0.1, -0.05) is 40.9 Å². The second-order valence-electron chi connectivity index (χ2n) is 3.64. The van der Waals surface area contributed by atoms with Crippen LogP contribution in [-0.4, -0.2) is 18.1 Å². The van der Waals surface area contributed by atoms with E-state index in [2.05, 4.69) is 9.72 Å². The molecule has 19 heavy (non-hydrogen) atoms. The van der Waals surface area contributed by atoms with E-state index in [1.54, 1.807) is 24.3 Å². The summed E-state index contributed by atoms with van der Waals surface area (Å²) < 4.78 is 4.57. The van der Waals surface area contributed by atoms with Gasteiger partial charge in [-0.15, -0.1) is 0 Å². The van der Waals surface area contributed by atoms with E-state index >= 15 is 0 Å². The molecule has 0 saturated carbocycles. The third-order valence-corrected chi connectivity index (χ3v) is 3.39. The number of esters is 1. The highest BCUT2D eigenvalue weighted by atomic mass is 35.5. The SMILES string of the molecule is COC(=O)c1ncc(-c2c(Cl)cccc2Cl)cc1Cl. The number of hydrogen-bond donors (Lipinski definition) is 0. The molecule has 0 radical (unpaired) electrons. The summed E-state index contributed by atoms with van der Waals surface area (Å²) in [6.45, 7) is 0. The Kier molecular flexibility index (Phi) is 4.30. The van der Waals surface area contributed by atoms with Gasteiger partial charge in [-0.2, -0.15) is 0 Å². The van der Waals surface area contributed by atoms with Crippen molar-refractivity contribution in [2.45, 2.75) is 0 Å². The first-order valence-corrected chi connectivity index (χ1v) is 6.36. The molecule has 0 aliphatic rings. The van der Waals surface area contributed by atoms with Crippen molar-refractivity contribution in [2.75, 3.05) is 7.11 Å². The molecule has 0 bridgehead atoms. The maximum atomic E-state index is 11.4. The maximum absolute atomic E-state index is 11.4. The quantitative estimate of drug-likeness (QED) is 0.766. The molecule has 0 aliphatic carbocycles. The van der Waals surface area contributed by atoms with Crippen molar-refractivity contribution in [1.82, 2.24) is 4.98 Å². The Hall–Kier alpha value is -1.29. The Morgan fingerprint density at radius 2 is 1.79 bits per heavy atom. The van der Waals surface area contributed by atoms with Gasteiger partial charge in [0.05, 0.1) is 12.1 Å². The Labute approximate surface area is 125 Å². The molecule has 1 aromatic carbocycles. The lowest BCUT2D eigenvalue weighted by atomic mass is 10.1. The van der Waals surface area contributed by atoms with Crippen LogP contribution in [0.3, 0.4) is 0 Å². The molecular formula is C13H8Cl3NO2.